The predicted molar refractivity (Wildman–Crippen MR) is 151 cm³/mol. The number of carbonyl (C=O) groups is 6. The van der Waals surface area contributed by atoms with Crippen LogP contribution < -0.4 is 16.0 Å². The second-order valence-electron chi connectivity index (χ2n) is 10.7. The summed E-state index contributed by atoms with van der Waals surface area (Å²) in [7, 11) is 0. The highest BCUT2D eigenvalue weighted by molar-refractivity contribution is 5.97. The third-order valence-electron chi connectivity index (χ3n) is 6.33. The van der Waals surface area contributed by atoms with Gasteiger partial charge in [0.05, 0.1) is 19.5 Å². The van der Waals surface area contributed by atoms with Crippen LogP contribution in [-0.2, 0) is 28.8 Å². The number of amides is 3. The summed E-state index contributed by atoms with van der Waals surface area (Å²) < 4.78 is 0. The van der Waals surface area contributed by atoms with Crippen molar-refractivity contribution in [3.8, 4) is 0 Å². The molecule has 0 aromatic rings. The molecule has 0 heterocycles. The van der Waals surface area contributed by atoms with Crippen molar-refractivity contribution in [2.24, 2.45) is 5.92 Å². The third kappa shape index (κ3) is 19.1. The van der Waals surface area contributed by atoms with Crippen LogP contribution in [0.3, 0.4) is 0 Å². The van der Waals surface area contributed by atoms with Crippen molar-refractivity contribution < 1.29 is 39.0 Å². The number of nitrogens with one attached hydrogen (secondary N) is 3. The third-order valence-corrected chi connectivity index (χ3v) is 6.33. The van der Waals surface area contributed by atoms with Crippen molar-refractivity contribution in [3.63, 3.8) is 0 Å². The molecule has 1 unspecified atom stereocenters. The summed E-state index contributed by atoms with van der Waals surface area (Å²) in [6.07, 6.45) is 7.16. The minimum absolute atomic E-state index is 0.111. The lowest BCUT2D eigenvalue weighted by Crippen LogP contribution is -2.49. The number of carboxylic acid groups (broad SMARTS) is 2. The molecule has 0 aliphatic rings. The Morgan fingerprint density at radius 1 is 0.725 bits per heavy atom. The molecular weight excluding hydrogens is 520 g/mol. The first-order valence-corrected chi connectivity index (χ1v) is 14.4. The molecule has 0 radical (unpaired) electrons. The lowest BCUT2D eigenvalue weighted by Gasteiger charge is -2.26. The first-order valence-electron chi connectivity index (χ1n) is 14.4. The molecule has 5 N–H and O–H groups in total. The van der Waals surface area contributed by atoms with Crippen molar-refractivity contribution >= 4 is 35.4 Å². The number of hydrogen-bond donors (Lipinski definition) is 5. The fourth-order valence-corrected chi connectivity index (χ4v) is 4.03. The fourth-order valence-electron chi connectivity index (χ4n) is 4.03. The van der Waals surface area contributed by atoms with Crippen molar-refractivity contribution in [2.45, 2.75) is 110 Å². The molecule has 40 heavy (non-hydrogen) atoms. The molecule has 0 rings (SSSR count). The Balaban J connectivity index is 3.89. The van der Waals surface area contributed by atoms with E-state index in [1.54, 1.807) is 13.8 Å². The molecule has 1 atom stereocenters. The molecule has 0 aromatic carbocycles. The molecule has 12 nitrogen and oxygen atoms in total. The van der Waals surface area contributed by atoms with Crippen LogP contribution in [0.1, 0.15) is 98.3 Å². The number of unbranched alkanes of at least 4 members (excludes halogenated alkanes) is 7. The van der Waals surface area contributed by atoms with Crippen LogP contribution in [-0.4, -0.2) is 88.8 Å². The lowest BCUT2D eigenvalue weighted by molar-refractivity contribution is -0.143. The topological polar surface area (TPSA) is 182 Å². The average Bonchev–Trinajstić information content (AvgIpc) is 2.86. The molecule has 12 heteroatoms. The molecule has 3 amide bonds. The van der Waals surface area contributed by atoms with Crippen LogP contribution in [0.2, 0.25) is 0 Å². The molecule has 0 aromatic heterocycles. The van der Waals surface area contributed by atoms with E-state index < -0.39 is 36.1 Å². The molecule has 0 bridgehead atoms. The van der Waals surface area contributed by atoms with E-state index in [9.17, 15) is 28.8 Å². The van der Waals surface area contributed by atoms with E-state index in [-0.39, 0.29) is 49.7 Å². The SMILES string of the molecule is CC(C)C(NC(=O)CCC(=O)O)C(=O)NCCCCCCCCCCNCC(=O)N(CC(=O)CC(=O)O)C(C)C. The van der Waals surface area contributed by atoms with E-state index in [2.05, 4.69) is 16.0 Å². The van der Waals surface area contributed by atoms with Gasteiger partial charge in [0.25, 0.3) is 0 Å². The number of nitrogens with zero attached hydrogens (tertiary/aromatic N) is 1. The van der Waals surface area contributed by atoms with E-state index in [0.29, 0.717) is 13.1 Å². The number of carboxylic acids is 2. The summed E-state index contributed by atoms with van der Waals surface area (Å²) >= 11 is 0. The standard InChI is InChI=1S/C28H50N4O8/c1-20(2)27(31-23(34)13-14-25(36)37)28(40)30-16-12-10-8-6-5-7-9-11-15-29-18-24(35)32(21(3)4)19-22(33)17-26(38)39/h20-21,27,29H,5-19H2,1-4H3,(H,30,40)(H,31,34)(H,36,37)(H,38,39). The smallest absolute Gasteiger partial charge is 0.310 e. The van der Waals surface area contributed by atoms with Gasteiger partial charge in [0, 0.05) is 19.0 Å². The highest BCUT2D eigenvalue weighted by atomic mass is 16.4. The Morgan fingerprint density at radius 2 is 1.27 bits per heavy atom. The molecule has 0 fully saturated rings. The van der Waals surface area contributed by atoms with Crippen LogP contribution in [0.5, 0.6) is 0 Å². The summed E-state index contributed by atoms with van der Waals surface area (Å²) in [6.45, 7) is 8.38. The first-order chi connectivity index (χ1) is 18.8. The largest absolute Gasteiger partial charge is 0.481 e. The molecule has 230 valence electrons. The Morgan fingerprint density at radius 3 is 1.77 bits per heavy atom. The molecule has 0 saturated heterocycles. The van der Waals surface area contributed by atoms with Gasteiger partial charge in [-0.05, 0) is 39.2 Å². The maximum atomic E-state index is 12.4. The summed E-state index contributed by atoms with van der Waals surface area (Å²) in [6, 6.07) is -0.874. The van der Waals surface area contributed by atoms with E-state index in [4.69, 9.17) is 10.2 Å². The van der Waals surface area contributed by atoms with Crippen LogP contribution in [0.25, 0.3) is 0 Å². The molecule has 0 saturated carbocycles. The maximum absolute atomic E-state index is 12.4. The number of aliphatic carboxylic acids is 2. The van der Waals surface area contributed by atoms with Gasteiger partial charge >= 0.3 is 11.9 Å². The van der Waals surface area contributed by atoms with Crippen molar-refractivity contribution in [1.29, 1.82) is 0 Å². The van der Waals surface area contributed by atoms with Crippen LogP contribution >= 0.6 is 0 Å². The van der Waals surface area contributed by atoms with Crippen LogP contribution in [0.15, 0.2) is 0 Å². The van der Waals surface area contributed by atoms with Gasteiger partial charge in [-0.3, -0.25) is 28.8 Å². The van der Waals surface area contributed by atoms with Gasteiger partial charge in [-0.2, -0.15) is 0 Å². The van der Waals surface area contributed by atoms with Crippen LogP contribution in [0.4, 0.5) is 0 Å². The summed E-state index contributed by atoms with van der Waals surface area (Å²) in [5.41, 5.74) is 0. The zero-order chi connectivity index (χ0) is 30.5. The molecule has 0 spiro atoms. The van der Waals surface area contributed by atoms with Gasteiger partial charge in [-0.15, -0.1) is 0 Å². The summed E-state index contributed by atoms with van der Waals surface area (Å²) in [5.74, 6) is -3.76. The van der Waals surface area contributed by atoms with Crippen molar-refractivity contribution in [3.05, 3.63) is 0 Å². The zero-order valence-electron chi connectivity index (χ0n) is 24.6. The molecule has 0 aliphatic carbocycles. The normalized spacial score (nSPS) is 11.8. The van der Waals surface area contributed by atoms with E-state index in [1.165, 1.54) is 4.90 Å². The van der Waals surface area contributed by atoms with Gasteiger partial charge in [-0.25, -0.2) is 0 Å². The van der Waals surface area contributed by atoms with E-state index in [0.717, 1.165) is 51.4 Å². The van der Waals surface area contributed by atoms with Gasteiger partial charge < -0.3 is 31.1 Å². The Labute approximate surface area is 238 Å². The van der Waals surface area contributed by atoms with E-state index >= 15 is 0 Å². The summed E-state index contributed by atoms with van der Waals surface area (Å²) in [5, 5.41) is 26.0. The number of ketones is 1. The zero-order valence-corrected chi connectivity index (χ0v) is 24.6. The van der Waals surface area contributed by atoms with Gasteiger partial charge in [0.2, 0.25) is 17.7 Å². The van der Waals surface area contributed by atoms with Gasteiger partial charge in [0.1, 0.15) is 12.5 Å². The second kappa shape index (κ2) is 21.8. The average molecular weight is 571 g/mol. The minimum atomic E-state index is -1.19. The lowest BCUT2D eigenvalue weighted by atomic mass is 10.0. The van der Waals surface area contributed by atoms with Gasteiger partial charge in [0.15, 0.2) is 5.78 Å². The monoisotopic (exact) mass is 570 g/mol. The first kappa shape index (κ1) is 37.0. The summed E-state index contributed by atoms with van der Waals surface area (Å²) in [4.78, 5) is 71.1. The number of Topliss-reactive ketones (excluding diaryl/α,β-unsaturated/α-hetero) is 1. The number of carbonyl (C=O) groups excluding carboxylic acids is 4. The maximum Gasteiger partial charge on any atom is 0.310 e. The highest BCUT2D eigenvalue weighted by Gasteiger charge is 2.24. The Hall–Kier alpha value is -3.02. The predicted octanol–water partition coefficient (Wildman–Crippen LogP) is 2.10. The second-order valence-corrected chi connectivity index (χ2v) is 10.7. The Kier molecular flexibility index (Phi) is 20.1. The Bertz CT molecular complexity index is 816. The number of hydrogen-bond acceptors (Lipinski definition) is 7. The molecular formula is C28H50N4O8. The number of rotatable bonds is 24. The highest BCUT2D eigenvalue weighted by Crippen LogP contribution is 2.09. The van der Waals surface area contributed by atoms with E-state index in [1.807, 2.05) is 13.8 Å². The fraction of sp³-hybridized carbons (Fsp3) is 0.786. The minimum Gasteiger partial charge on any atom is -0.481 e. The molecule has 0 aliphatic heterocycles. The quantitative estimate of drug-likeness (QED) is 0.0857. The van der Waals surface area contributed by atoms with Crippen LogP contribution in [0, 0.1) is 5.92 Å². The van der Waals surface area contributed by atoms with Crippen molar-refractivity contribution in [2.75, 3.05) is 26.2 Å². The van der Waals surface area contributed by atoms with Gasteiger partial charge in [-0.1, -0.05) is 52.4 Å². The van der Waals surface area contributed by atoms with Crippen molar-refractivity contribution in [1.82, 2.24) is 20.9 Å².